The third-order valence-corrected chi connectivity index (χ3v) is 5.90. The maximum absolute atomic E-state index is 13.5. The second-order valence-electron chi connectivity index (χ2n) is 7.71. The van der Waals surface area contributed by atoms with Gasteiger partial charge in [0.2, 0.25) is 5.91 Å². The molecule has 0 aliphatic carbocycles. The lowest BCUT2D eigenvalue weighted by Crippen LogP contribution is -2.58. The van der Waals surface area contributed by atoms with Gasteiger partial charge in [-0.3, -0.25) is 4.79 Å². The number of amides is 1. The SMILES string of the molecule is CC(C=O)C1C(NC(=O)Cc2ccc(Cl)cc2Cl)CNc2ccccc2N1CC(F)(F)F. The number of nitrogens with one attached hydrogen (secondary N) is 2. The smallest absolute Gasteiger partial charge is 0.381 e. The predicted octanol–water partition coefficient (Wildman–Crippen LogP) is 4.72. The summed E-state index contributed by atoms with van der Waals surface area (Å²) in [5.74, 6) is -1.21. The Morgan fingerprint density at radius 1 is 1.28 bits per heavy atom. The van der Waals surface area contributed by atoms with E-state index in [1.165, 1.54) is 6.07 Å². The van der Waals surface area contributed by atoms with Crippen molar-refractivity contribution in [2.75, 3.05) is 23.3 Å². The van der Waals surface area contributed by atoms with Gasteiger partial charge in [-0.15, -0.1) is 0 Å². The van der Waals surface area contributed by atoms with Crippen molar-refractivity contribution in [1.82, 2.24) is 5.32 Å². The fraction of sp³-hybridized carbons (Fsp3) is 0.364. The van der Waals surface area contributed by atoms with E-state index in [0.29, 0.717) is 33.3 Å². The molecule has 0 fully saturated rings. The number of para-hydroxylation sites is 2. The van der Waals surface area contributed by atoms with Gasteiger partial charge in [0.05, 0.1) is 29.9 Å². The summed E-state index contributed by atoms with van der Waals surface area (Å²) in [6.45, 7) is 0.433. The Morgan fingerprint density at radius 3 is 2.66 bits per heavy atom. The number of halogens is 5. The molecule has 5 nitrogen and oxygen atoms in total. The molecule has 1 heterocycles. The Kier molecular flexibility index (Phi) is 7.56. The standard InChI is InChI=1S/C22H22Cl2F3N3O2/c1-13(11-31)21-18(29-20(32)8-14-6-7-15(23)9-16(14)24)10-28-17-4-2-3-5-19(17)30(21)12-22(25,26)27/h2-7,9,11,13,18,21,28H,8,10,12H2,1H3,(H,29,32). The number of alkyl halides is 3. The molecular formula is C22H22Cl2F3N3O2. The summed E-state index contributed by atoms with van der Waals surface area (Å²) in [5.41, 5.74) is 1.35. The van der Waals surface area contributed by atoms with E-state index in [1.54, 1.807) is 43.3 Å². The summed E-state index contributed by atoms with van der Waals surface area (Å²) >= 11 is 12.0. The third kappa shape index (κ3) is 5.86. The molecule has 0 bridgehead atoms. The van der Waals surface area contributed by atoms with Crippen LogP contribution in [0.4, 0.5) is 24.5 Å². The largest absolute Gasteiger partial charge is 0.405 e. The molecule has 0 saturated heterocycles. The molecule has 3 atom stereocenters. The number of fused-ring (bicyclic) bond motifs is 1. The molecule has 2 aromatic rings. The molecule has 0 spiro atoms. The number of aldehydes is 1. The van der Waals surface area contributed by atoms with E-state index >= 15 is 0 Å². The number of hydrogen-bond acceptors (Lipinski definition) is 4. The van der Waals surface area contributed by atoms with Gasteiger partial charge < -0.3 is 20.3 Å². The van der Waals surface area contributed by atoms with E-state index in [4.69, 9.17) is 23.2 Å². The van der Waals surface area contributed by atoms with Gasteiger partial charge in [0, 0.05) is 22.5 Å². The van der Waals surface area contributed by atoms with Crippen molar-refractivity contribution in [3.05, 3.63) is 58.1 Å². The van der Waals surface area contributed by atoms with Crippen LogP contribution in [0.3, 0.4) is 0 Å². The lowest BCUT2D eigenvalue weighted by atomic mass is 9.93. The molecule has 1 aliphatic rings. The van der Waals surface area contributed by atoms with Crippen LogP contribution in [-0.2, 0) is 16.0 Å². The predicted molar refractivity (Wildman–Crippen MR) is 119 cm³/mol. The summed E-state index contributed by atoms with van der Waals surface area (Å²) in [6.07, 6.45) is -3.98. The molecule has 1 aliphatic heterocycles. The fourth-order valence-corrected chi connectivity index (χ4v) is 4.41. The number of benzene rings is 2. The first-order chi connectivity index (χ1) is 15.1. The number of rotatable bonds is 6. The van der Waals surface area contributed by atoms with Gasteiger partial charge >= 0.3 is 6.18 Å². The quantitative estimate of drug-likeness (QED) is 0.578. The Morgan fingerprint density at radius 2 is 2.00 bits per heavy atom. The summed E-state index contributed by atoms with van der Waals surface area (Å²) in [4.78, 5) is 25.6. The summed E-state index contributed by atoms with van der Waals surface area (Å²) in [7, 11) is 0. The highest BCUT2D eigenvalue weighted by atomic mass is 35.5. The second kappa shape index (κ2) is 10.0. The van der Waals surface area contributed by atoms with Crippen molar-refractivity contribution in [3.8, 4) is 0 Å². The first kappa shape index (κ1) is 24.2. The number of carbonyl (C=O) groups is 2. The molecule has 3 unspecified atom stereocenters. The van der Waals surface area contributed by atoms with Gasteiger partial charge in [-0.2, -0.15) is 13.2 Å². The minimum absolute atomic E-state index is 0.0824. The number of hydrogen-bond donors (Lipinski definition) is 2. The van der Waals surface area contributed by atoms with E-state index < -0.39 is 36.6 Å². The van der Waals surface area contributed by atoms with Crippen LogP contribution in [0.15, 0.2) is 42.5 Å². The highest BCUT2D eigenvalue weighted by molar-refractivity contribution is 6.35. The maximum Gasteiger partial charge on any atom is 0.405 e. The lowest BCUT2D eigenvalue weighted by Gasteiger charge is -2.39. The molecule has 3 rings (SSSR count). The minimum atomic E-state index is -4.51. The normalized spacial score (nSPS) is 19.4. The van der Waals surface area contributed by atoms with Gasteiger partial charge in [0.25, 0.3) is 0 Å². The van der Waals surface area contributed by atoms with Crippen molar-refractivity contribution in [1.29, 1.82) is 0 Å². The molecule has 0 radical (unpaired) electrons. The summed E-state index contributed by atoms with van der Waals surface area (Å²) < 4.78 is 40.5. The highest BCUT2D eigenvalue weighted by Gasteiger charge is 2.42. The molecule has 172 valence electrons. The van der Waals surface area contributed by atoms with Crippen LogP contribution >= 0.6 is 23.2 Å². The minimum Gasteiger partial charge on any atom is -0.381 e. The molecule has 32 heavy (non-hydrogen) atoms. The molecule has 2 aromatic carbocycles. The first-order valence-electron chi connectivity index (χ1n) is 9.94. The first-order valence-corrected chi connectivity index (χ1v) is 10.7. The monoisotopic (exact) mass is 487 g/mol. The third-order valence-electron chi connectivity index (χ3n) is 5.31. The van der Waals surface area contributed by atoms with Gasteiger partial charge in [-0.25, -0.2) is 0 Å². The van der Waals surface area contributed by atoms with Crippen LogP contribution in [0.1, 0.15) is 12.5 Å². The van der Waals surface area contributed by atoms with Crippen molar-refractivity contribution >= 4 is 46.8 Å². The van der Waals surface area contributed by atoms with Gasteiger partial charge in [-0.05, 0) is 29.8 Å². The fourth-order valence-electron chi connectivity index (χ4n) is 3.94. The molecule has 2 N–H and O–H groups in total. The van der Waals surface area contributed by atoms with Crippen LogP contribution < -0.4 is 15.5 Å². The van der Waals surface area contributed by atoms with E-state index in [-0.39, 0.29) is 13.0 Å². The summed E-state index contributed by atoms with van der Waals surface area (Å²) in [6, 6.07) is 9.60. The van der Waals surface area contributed by atoms with Gasteiger partial charge in [0.1, 0.15) is 12.8 Å². The molecular weight excluding hydrogens is 466 g/mol. The average molecular weight is 488 g/mol. The Labute approximate surface area is 193 Å². The van der Waals surface area contributed by atoms with Crippen LogP contribution in [0, 0.1) is 5.92 Å². The van der Waals surface area contributed by atoms with Crippen LogP contribution in [0.2, 0.25) is 10.0 Å². The number of anilines is 2. The van der Waals surface area contributed by atoms with E-state index in [1.807, 2.05) is 0 Å². The van der Waals surface area contributed by atoms with Crippen molar-refractivity contribution in [2.45, 2.75) is 31.6 Å². The van der Waals surface area contributed by atoms with Gasteiger partial charge in [-0.1, -0.05) is 48.3 Å². The van der Waals surface area contributed by atoms with Crippen LogP contribution in [-0.4, -0.2) is 43.5 Å². The van der Waals surface area contributed by atoms with Crippen LogP contribution in [0.5, 0.6) is 0 Å². The van der Waals surface area contributed by atoms with Gasteiger partial charge in [0.15, 0.2) is 0 Å². The number of nitrogens with zero attached hydrogens (tertiary/aromatic N) is 1. The van der Waals surface area contributed by atoms with E-state index in [0.717, 1.165) is 4.90 Å². The van der Waals surface area contributed by atoms with E-state index in [9.17, 15) is 22.8 Å². The molecule has 0 saturated carbocycles. The zero-order valence-electron chi connectivity index (χ0n) is 17.1. The molecule has 0 aromatic heterocycles. The average Bonchev–Trinajstić information content (AvgIpc) is 2.86. The second-order valence-corrected chi connectivity index (χ2v) is 8.56. The zero-order valence-corrected chi connectivity index (χ0v) is 18.6. The Bertz CT molecular complexity index is 987. The topological polar surface area (TPSA) is 61.4 Å². The molecule has 10 heteroatoms. The van der Waals surface area contributed by atoms with Crippen molar-refractivity contribution in [2.24, 2.45) is 5.92 Å². The number of carbonyl (C=O) groups excluding carboxylic acids is 2. The molecule has 1 amide bonds. The Hall–Kier alpha value is -2.45. The van der Waals surface area contributed by atoms with E-state index in [2.05, 4.69) is 10.6 Å². The van der Waals surface area contributed by atoms with Crippen molar-refractivity contribution < 1.29 is 22.8 Å². The highest BCUT2D eigenvalue weighted by Crippen LogP contribution is 2.35. The van der Waals surface area contributed by atoms with Crippen LogP contribution in [0.25, 0.3) is 0 Å². The lowest BCUT2D eigenvalue weighted by molar-refractivity contribution is -0.124. The maximum atomic E-state index is 13.5. The zero-order chi connectivity index (χ0) is 23.5. The Balaban J connectivity index is 1.91. The van der Waals surface area contributed by atoms with Crippen molar-refractivity contribution in [3.63, 3.8) is 0 Å². The summed E-state index contributed by atoms with van der Waals surface area (Å²) in [5, 5.41) is 6.65.